The summed E-state index contributed by atoms with van der Waals surface area (Å²) in [5.41, 5.74) is 1.08. The Morgan fingerprint density at radius 1 is 1.20 bits per heavy atom. The third-order valence-corrected chi connectivity index (χ3v) is 4.30. The summed E-state index contributed by atoms with van der Waals surface area (Å²) in [5.74, 6) is 1.52. The number of rotatable bonds is 9. The molecule has 0 saturated heterocycles. The van der Waals surface area contributed by atoms with Crippen LogP contribution < -0.4 is 20.1 Å². The van der Waals surface area contributed by atoms with Gasteiger partial charge in [0.1, 0.15) is 18.1 Å². The van der Waals surface area contributed by atoms with Crippen molar-refractivity contribution < 1.29 is 14.3 Å². The van der Waals surface area contributed by atoms with E-state index in [2.05, 4.69) is 26.6 Å². The molecular formula is C19H23BrN2O3. The Labute approximate surface area is 156 Å². The van der Waals surface area contributed by atoms with Crippen molar-refractivity contribution in [2.75, 3.05) is 26.8 Å². The van der Waals surface area contributed by atoms with E-state index >= 15 is 0 Å². The van der Waals surface area contributed by atoms with E-state index in [1.165, 1.54) is 0 Å². The average Bonchev–Trinajstić information content (AvgIpc) is 2.64. The number of halogens is 1. The van der Waals surface area contributed by atoms with Crippen molar-refractivity contribution in [1.29, 1.82) is 0 Å². The summed E-state index contributed by atoms with van der Waals surface area (Å²) < 4.78 is 11.6. The fourth-order valence-corrected chi connectivity index (χ4v) is 2.81. The van der Waals surface area contributed by atoms with Gasteiger partial charge in [-0.25, -0.2) is 0 Å². The second-order valence-electron chi connectivity index (χ2n) is 5.51. The third-order valence-electron chi connectivity index (χ3n) is 3.68. The molecule has 0 aliphatic heterocycles. The van der Waals surface area contributed by atoms with Crippen LogP contribution in [0.5, 0.6) is 11.5 Å². The fraction of sp³-hybridized carbons (Fsp3) is 0.316. The van der Waals surface area contributed by atoms with Gasteiger partial charge in [0.2, 0.25) is 5.91 Å². The van der Waals surface area contributed by atoms with Gasteiger partial charge < -0.3 is 20.1 Å². The summed E-state index contributed by atoms with van der Waals surface area (Å²) in [7, 11) is 1.63. The molecule has 2 rings (SSSR count). The quantitative estimate of drug-likeness (QED) is 0.627. The lowest BCUT2D eigenvalue weighted by Gasteiger charge is -2.15. The highest BCUT2D eigenvalue weighted by Gasteiger charge is 2.10. The van der Waals surface area contributed by atoms with Crippen molar-refractivity contribution in [1.82, 2.24) is 10.6 Å². The Kier molecular flexibility index (Phi) is 7.76. The van der Waals surface area contributed by atoms with Crippen LogP contribution in [0.15, 0.2) is 53.0 Å². The average molecular weight is 407 g/mol. The Hall–Kier alpha value is -2.05. The van der Waals surface area contributed by atoms with Crippen LogP contribution in [0.4, 0.5) is 0 Å². The number of ether oxygens (including phenoxy) is 2. The highest BCUT2D eigenvalue weighted by atomic mass is 79.9. The number of benzene rings is 2. The van der Waals surface area contributed by atoms with E-state index in [1.54, 1.807) is 7.11 Å². The standard InChI is InChI=1S/C19H23BrN2O3/c1-14(15-8-9-18(24-2)17(20)12-15)22-13-19(23)21-10-11-25-16-6-4-3-5-7-16/h3-9,12,14,22H,10-11,13H2,1-2H3,(H,21,23). The van der Waals surface area contributed by atoms with Gasteiger partial charge in [0.25, 0.3) is 0 Å². The van der Waals surface area contributed by atoms with Gasteiger partial charge in [-0.3, -0.25) is 4.79 Å². The zero-order chi connectivity index (χ0) is 18.1. The molecule has 0 aromatic heterocycles. The van der Waals surface area contributed by atoms with Crippen LogP contribution in [-0.2, 0) is 4.79 Å². The molecule has 2 aromatic carbocycles. The molecule has 0 heterocycles. The molecule has 5 nitrogen and oxygen atoms in total. The molecule has 0 aliphatic rings. The number of hydrogen-bond acceptors (Lipinski definition) is 4. The summed E-state index contributed by atoms with van der Waals surface area (Å²) in [4.78, 5) is 11.9. The maximum atomic E-state index is 11.9. The van der Waals surface area contributed by atoms with E-state index in [4.69, 9.17) is 9.47 Å². The van der Waals surface area contributed by atoms with Gasteiger partial charge in [-0.1, -0.05) is 24.3 Å². The highest BCUT2D eigenvalue weighted by Crippen LogP contribution is 2.27. The summed E-state index contributed by atoms with van der Waals surface area (Å²) >= 11 is 3.47. The minimum Gasteiger partial charge on any atom is -0.496 e. The summed E-state index contributed by atoms with van der Waals surface area (Å²) in [6.45, 7) is 3.17. The minimum absolute atomic E-state index is 0.0496. The lowest BCUT2D eigenvalue weighted by atomic mass is 10.1. The van der Waals surface area contributed by atoms with E-state index in [9.17, 15) is 4.79 Å². The molecule has 1 atom stereocenters. The van der Waals surface area contributed by atoms with Crippen LogP contribution in [-0.4, -0.2) is 32.7 Å². The minimum atomic E-state index is -0.0592. The number of methoxy groups -OCH3 is 1. The maximum Gasteiger partial charge on any atom is 0.234 e. The van der Waals surface area contributed by atoms with Crippen molar-refractivity contribution in [2.24, 2.45) is 0 Å². The van der Waals surface area contributed by atoms with Gasteiger partial charge in [0.05, 0.1) is 24.7 Å². The first-order valence-corrected chi connectivity index (χ1v) is 8.91. The smallest absolute Gasteiger partial charge is 0.234 e. The maximum absolute atomic E-state index is 11.9. The van der Waals surface area contributed by atoms with E-state index in [0.29, 0.717) is 13.2 Å². The van der Waals surface area contributed by atoms with Gasteiger partial charge in [0, 0.05) is 6.04 Å². The van der Waals surface area contributed by atoms with Crippen LogP contribution in [0.1, 0.15) is 18.5 Å². The number of amides is 1. The number of carbonyl (C=O) groups excluding carboxylic acids is 1. The first-order chi connectivity index (χ1) is 12.1. The molecule has 0 bridgehead atoms. The second-order valence-corrected chi connectivity index (χ2v) is 6.36. The summed E-state index contributed by atoms with van der Waals surface area (Å²) in [6, 6.07) is 15.5. The Bertz CT molecular complexity index is 680. The predicted molar refractivity (Wildman–Crippen MR) is 102 cm³/mol. The first kappa shape index (κ1) is 19.3. The number of nitrogens with one attached hydrogen (secondary N) is 2. The molecule has 0 fully saturated rings. The molecule has 0 saturated carbocycles. The van der Waals surface area contributed by atoms with Crippen molar-refractivity contribution in [3.63, 3.8) is 0 Å². The summed E-state index contributed by atoms with van der Waals surface area (Å²) in [6.07, 6.45) is 0. The zero-order valence-corrected chi connectivity index (χ0v) is 16.0. The van der Waals surface area contributed by atoms with Gasteiger partial charge in [0.15, 0.2) is 0 Å². The van der Waals surface area contributed by atoms with Crippen molar-refractivity contribution in [3.05, 3.63) is 58.6 Å². The van der Waals surface area contributed by atoms with E-state index in [-0.39, 0.29) is 18.5 Å². The molecule has 1 unspecified atom stereocenters. The topological polar surface area (TPSA) is 59.6 Å². The van der Waals surface area contributed by atoms with Gasteiger partial charge >= 0.3 is 0 Å². The Morgan fingerprint density at radius 2 is 1.96 bits per heavy atom. The van der Waals surface area contributed by atoms with Gasteiger partial charge in [-0.2, -0.15) is 0 Å². The lowest BCUT2D eigenvalue weighted by Crippen LogP contribution is -2.37. The molecule has 134 valence electrons. The SMILES string of the molecule is COc1ccc(C(C)NCC(=O)NCCOc2ccccc2)cc1Br. The van der Waals surface area contributed by atoms with Crippen molar-refractivity contribution in [2.45, 2.75) is 13.0 Å². The number of carbonyl (C=O) groups is 1. The first-order valence-electron chi connectivity index (χ1n) is 8.11. The number of para-hydroxylation sites is 1. The monoisotopic (exact) mass is 406 g/mol. The van der Waals surface area contributed by atoms with Crippen LogP contribution in [0.25, 0.3) is 0 Å². The molecule has 0 radical (unpaired) electrons. The molecule has 0 aliphatic carbocycles. The molecule has 25 heavy (non-hydrogen) atoms. The molecule has 6 heteroatoms. The predicted octanol–water partition coefficient (Wildman–Crippen LogP) is 3.30. The molecule has 0 spiro atoms. The normalized spacial score (nSPS) is 11.6. The molecule has 2 aromatic rings. The van der Waals surface area contributed by atoms with Crippen LogP contribution >= 0.6 is 15.9 Å². The Morgan fingerprint density at radius 3 is 2.64 bits per heavy atom. The van der Waals surface area contributed by atoms with Crippen LogP contribution in [0.2, 0.25) is 0 Å². The van der Waals surface area contributed by atoms with Crippen LogP contribution in [0, 0.1) is 0 Å². The van der Waals surface area contributed by atoms with Gasteiger partial charge in [-0.05, 0) is 52.7 Å². The van der Waals surface area contributed by atoms with E-state index in [0.717, 1.165) is 21.5 Å². The number of hydrogen-bond donors (Lipinski definition) is 2. The zero-order valence-electron chi connectivity index (χ0n) is 14.4. The molecule has 2 N–H and O–H groups in total. The third kappa shape index (κ3) is 6.40. The Balaban J connectivity index is 1.68. The van der Waals surface area contributed by atoms with Crippen molar-refractivity contribution >= 4 is 21.8 Å². The second kappa shape index (κ2) is 10.1. The largest absolute Gasteiger partial charge is 0.496 e. The van der Waals surface area contributed by atoms with Crippen LogP contribution in [0.3, 0.4) is 0 Å². The molecule has 1 amide bonds. The summed E-state index contributed by atoms with van der Waals surface area (Å²) in [5, 5.41) is 6.04. The lowest BCUT2D eigenvalue weighted by molar-refractivity contribution is -0.120. The van der Waals surface area contributed by atoms with E-state index < -0.39 is 0 Å². The van der Waals surface area contributed by atoms with Crippen molar-refractivity contribution in [3.8, 4) is 11.5 Å². The fourth-order valence-electron chi connectivity index (χ4n) is 2.25. The molecular weight excluding hydrogens is 384 g/mol. The van der Waals surface area contributed by atoms with Gasteiger partial charge in [-0.15, -0.1) is 0 Å². The highest BCUT2D eigenvalue weighted by molar-refractivity contribution is 9.10. The van der Waals surface area contributed by atoms with E-state index in [1.807, 2.05) is 55.5 Å².